The van der Waals surface area contributed by atoms with Crippen LogP contribution in [0, 0.1) is 6.92 Å². The summed E-state index contributed by atoms with van der Waals surface area (Å²) in [4.78, 5) is 6.92. The van der Waals surface area contributed by atoms with E-state index in [1.165, 1.54) is 11.1 Å². The Bertz CT molecular complexity index is 1050. The van der Waals surface area contributed by atoms with Crippen LogP contribution in [-0.4, -0.2) is 19.9 Å². The van der Waals surface area contributed by atoms with E-state index in [4.69, 9.17) is 0 Å². The molecule has 2 heterocycles. The van der Waals surface area contributed by atoms with Gasteiger partial charge in [-0.15, -0.1) is 0 Å². The van der Waals surface area contributed by atoms with Crippen LogP contribution in [0.25, 0.3) is 0 Å². The summed E-state index contributed by atoms with van der Waals surface area (Å²) < 4.78 is 27.6. The van der Waals surface area contributed by atoms with E-state index < -0.39 is 10.0 Å². The van der Waals surface area contributed by atoms with Crippen LogP contribution in [-0.2, 0) is 23.0 Å². The lowest BCUT2D eigenvalue weighted by Crippen LogP contribution is -2.30. The molecule has 138 valence electrons. The van der Waals surface area contributed by atoms with Crippen LogP contribution < -0.4 is 9.62 Å². The molecule has 0 bridgehead atoms. The van der Waals surface area contributed by atoms with Crippen molar-refractivity contribution < 1.29 is 8.42 Å². The average Bonchev–Trinajstić information content (AvgIpc) is 2.68. The van der Waals surface area contributed by atoms with E-state index >= 15 is 0 Å². The molecule has 0 spiro atoms. The third-order valence-corrected chi connectivity index (χ3v) is 6.18. The third kappa shape index (κ3) is 3.80. The molecule has 3 aromatic rings. The first-order valence-corrected chi connectivity index (χ1v) is 10.4. The number of aromatic nitrogens is 1. The summed E-state index contributed by atoms with van der Waals surface area (Å²) in [6, 6.07) is 18.8. The standard InChI is InChI=1S/C21H21N3O2S/c1-16-6-9-20(10-7-16)27(25,26)23-19-8-11-21(22-14-19)24-13-12-17-4-2-3-5-18(17)15-24/h2-11,14,23H,12-13,15H2,1H3. The van der Waals surface area contributed by atoms with Crippen molar-refractivity contribution in [2.45, 2.75) is 24.8 Å². The summed E-state index contributed by atoms with van der Waals surface area (Å²) in [6.07, 6.45) is 2.56. The fraction of sp³-hybridized carbons (Fsp3) is 0.190. The molecule has 0 fully saturated rings. The second-order valence-corrected chi connectivity index (χ2v) is 8.45. The summed E-state index contributed by atoms with van der Waals surface area (Å²) in [6.45, 7) is 3.64. The number of hydrogen-bond acceptors (Lipinski definition) is 4. The van der Waals surface area contributed by atoms with Crippen LogP contribution in [0.15, 0.2) is 71.8 Å². The molecule has 0 amide bonds. The quantitative estimate of drug-likeness (QED) is 0.750. The molecular formula is C21H21N3O2S. The minimum absolute atomic E-state index is 0.241. The molecule has 2 aromatic carbocycles. The van der Waals surface area contributed by atoms with E-state index in [1.807, 2.05) is 13.0 Å². The van der Waals surface area contributed by atoms with Crippen LogP contribution in [0.2, 0.25) is 0 Å². The highest BCUT2D eigenvalue weighted by Crippen LogP contribution is 2.24. The number of sulfonamides is 1. The van der Waals surface area contributed by atoms with Crippen molar-refractivity contribution in [1.82, 2.24) is 4.98 Å². The van der Waals surface area contributed by atoms with Crippen LogP contribution in [0.4, 0.5) is 11.5 Å². The van der Waals surface area contributed by atoms with Gasteiger partial charge >= 0.3 is 0 Å². The first-order chi connectivity index (χ1) is 13.0. The Labute approximate surface area is 159 Å². The Morgan fingerprint density at radius 3 is 2.41 bits per heavy atom. The third-order valence-electron chi connectivity index (χ3n) is 4.79. The Kier molecular flexibility index (Phi) is 4.58. The van der Waals surface area contributed by atoms with Crippen molar-refractivity contribution in [3.63, 3.8) is 0 Å². The number of anilines is 2. The second kappa shape index (κ2) is 7.04. The summed E-state index contributed by atoms with van der Waals surface area (Å²) in [5, 5.41) is 0. The van der Waals surface area contributed by atoms with Crippen LogP contribution >= 0.6 is 0 Å². The summed E-state index contributed by atoms with van der Waals surface area (Å²) in [7, 11) is -3.61. The number of pyridine rings is 1. The fourth-order valence-corrected chi connectivity index (χ4v) is 4.30. The van der Waals surface area contributed by atoms with E-state index in [1.54, 1.807) is 36.5 Å². The van der Waals surface area contributed by atoms with E-state index in [9.17, 15) is 8.42 Å². The zero-order chi connectivity index (χ0) is 18.9. The molecule has 5 nitrogen and oxygen atoms in total. The van der Waals surface area contributed by atoms with Gasteiger partial charge in [0.05, 0.1) is 16.8 Å². The Morgan fingerprint density at radius 2 is 1.70 bits per heavy atom. The van der Waals surface area contributed by atoms with Crippen LogP contribution in [0.1, 0.15) is 16.7 Å². The monoisotopic (exact) mass is 379 g/mol. The van der Waals surface area contributed by atoms with Crippen molar-refractivity contribution in [3.05, 3.63) is 83.6 Å². The molecule has 0 saturated carbocycles. The lowest BCUT2D eigenvalue weighted by molar-refractivity contribution is 0.601. The molecule has 27 heavy (non-hydrogen) atoms. The van der Waals surface area contributed by atoms with Crippen LogP contribution in [0.5, 0.6) is 0 Å². The number of nitrogens with zero attached hydrogens (tertiary/aromatic N) is 2. The maximum absolute atomic E-state index is 12.5. The molecule has 0 atom stereocenters. The van der Waals surface area contributed by atoms with Gasteiger partial charge in [-0.25, -0.2) is 13.4 Å². The van der Waals surface area contributed by atoms with Crippen molar-refractivity contribution in [2.75, 3.05) is 16.2 Å². The van der Waals surface area contributed by atoms with Gasteiger partial charge in [-0.3, -0.25) is 4.72 Å². The predicted octanol–water partition coefficient (Wildman–Crippen LogP) is 3.75. The number of aryl methyl sites for hydroxylation is 1. The normalized spacial score (nSPS) is 13.9. The highest BCUT2D eigenvalue weighted by molar-refractivity contribution is 7.92. The molecular weight excluding hydrogens is 358 g/mol. The Morgan fingerprint density at radius 1 is 0.963 bits per heavy atom. The maximum Gasteiger partial charge on any atom is 0.261 e. The van der Waals surface area contributed by atoms with E-state index in [0.717, 1.165) is 30.9 Å². The maximum atomic E-state index is 12.5. The van der Waals surface area contributed by atoms with Crippen molar-refractivity contribution >= 4 is 21.5 Å². The molecule has 1 aromatic heterocycles. The van der Waals surface area contributed by atoms with Gasteiger partial charge in [0.2, 0.25) is 0 Å². The van der Waals surface area contributed by atoms with Gasteiger partial charge in [-0.2, -0.15) is 0 Å². The number of nitrogens with one attached hydrogen (secondary N) is 1. The second-order valence-electron chi connectivity index (χ2n) is 6.76. The number of fused-ring (bicyclic) bond motifs is 1. The van der Waals surface area contributed by atoms with Gasteiger partial charge in [0.25, 0.3) is 10.0 Å². The lowest BCUT2D eigenvalue weighted by Gasteiger charge is -2.29. The van der Waals surface area contributed by atoms with Crippen LogP contribution in [0.3, 0.4) is 0 Å². The number of rotatable bonds is 4. The van der Waals surface area contributed by atoms with Crippen molar-refractivity contribution in [1.29, 1.82) is 0 Å². The molecule has 0 unspecified atom stereocenters. The molecule has 4 rings (SSSR count). The van der Waals surface area contributed by atoms with E-state index in [-0.39, 0.29) is 4.90 Å². The summed E-state index contributed by atoms with van der Waals surface area (Å²) in [5.41, 5.74) is 4.17. The average molecular weight is 379 g/mol. The molecule has 6 heteroatoms. The van der Waals surface area contributed by atoms with Gasteiger partial charge in [0, 0.05) is 13.1 Å². The van der Waals surface area contributed by atoms with Gasteiger partial charge in [0.15, 0.2) is 0 Å². The molecule has 0 radical (unpaired) electrons. The number of benzene rings is 2. The lowest BCUT2D eigenvalue weighted by atomic mass is 10.00. The molecule has 1 aliphatic heterocycles. The largest absolute Gasteiger partial charge is 0.352 e. The zero-order valence-electron chi connectivity index (χ0n) is 15.1. The van der Waals surface area contributed by atoms with Gasteiger partial charge in [-0.1, -0.05) is 42.0 Å². The minimum atomic E-state index is -3.61. The topological polar surface area (TPSA) is 62.3 Å². The first-order valence-electron chi connectivity index (χ1n) is 8.88. The molecule has 1 N–H and O–H groups in total. The molecule has 0 saturated heterocycles. The minimum Gasteiger partial charge on any atom is -0.352 e. The SMILES string of the molecule is Cc1ccc(S(=O)(=O)Nc2ccc(N3CCc4ccccc4C3)nc2)cc1. The van der Waals surface area contributed by atoms with Crippen molar-refractivity contribution in [2.24, 2.45) is 0 Å². The Balaban J connectivity index is 1.49. The molecule has 0 aliphatic carbocycles. The van der Waals surface area contributed by atoms with Gasteiger partial charge in [0.1, 0.15) is 5.82 Å². The number of hydrogen-bond donors (Lipinski definition) is 1. The highest BCUT2D eigenvalue weighted by atomic mass is 32.2. The summed E-state index contributed by atoms with van der Waals surface area (Å²) >= 11 is 0. The smallest absolute Gasteiger partial charge is 0.261 e. The Hall–Kier alpha value is -2.86. The highest BCUT2D eigenvalue weighted by Gasteiger charge is 2.18. The van der Waals surface area contributed by atoms with E-state index in [2.05, 4.69) is 38.9 Å². The predicted molar refractivity (Wildman–Crippen MR) is 107 cm³/mol. The fourth-order valence-electron chi connectivity index (χ4n) is 3.26. The zero-order valence-corrected chi connectivity index (χ0v) is 15.9. The van der Waals surface area contributed by atoms with Crippen molar-refractivity contribution in [3.8, 4) is 0 Å². The first kappa shape index (κ1) is 17.5. The van der Waals surface area contributed by atoms with Gasteiger partial charge in [-0.05, 0) is 48.7 Å². The molecule has 1 aliphatic rings. The summed E-state index contributed by atoms with van der Waals surface area (Å²) in [5.74, 6) is 0.850. The van der Waals surface area contributed by atoms with Gasteiger partial charge < -0.3 is 4.90 Å². The van der Waals surface area contributed by atoms with E-state index in [0.29, 0.717) is 5.69 Å².